The molecule has 6 nitrogen and oxygen atoms in total. The molecule has 6 heteroatoms. The van der Waals surface area contributed by atoms with Crippen molar-refractivity contribution in [1.82, 2.24) is 4.90 Å². The van der Waals surface area contributed by atoms with Crippen molar-refractivity contribution in [1.29, 1.82) is 0 Å². The fourth-order valence-corrected chi connectivity index (χ4v) is 2.46. The maximum absolute atomic E-state index is 12.6. The minimum Gasteiger partial charge on any atom is -0.464 e. The second kappa shape index (κ2) is 8.33. The molecule has 2 atom stereocenters. The van der Waals surface area contributed by atoms with E-state index in [9.17, 15) is 14.7 Å². The van der Waals surface area contributed by atoms with E-state index < -0.39 is 29.3 Å². The average Bonchev–Trinajstić information content (AvgIpc) is 2.92. The number of hydrogen-bond acceptors (Lipinski definition) is 5. The SMILES string of the molecule is CCC/C=C/[C@H](O)[C@@]1(C(=O)OCC)C=CCN1C(=O)OC(C)(C)C. The van der Waals surface area contributed by atoms with E-state index in [1.54, 1.807) is 39.8 Å². The lowest BCUT2D eigenvalue weighted by Gasteiger charge is -2.38. The van der Waals surface area contributed by atoms with Gasteiger partial charge in [-0.15, -0.1) is 0 Å². The van der Waals surface area contributed by atoms with Gasteiger partial charge in [-0.05, 0) is 40.2 Å². The van der Waals surface area contributed by atoms with E-state index >= 15 is 0 Å². The Morgan fingerprint density at radius 1 is 1.38 bits per heavy atom. The Hall–Kier alpha value is -1.82. The normalized spacial score (nSPS) is 22.0. The lowest BCUT2D eigenvalue weighted by Crippen LogP contribution is -2.61. The van der Waals surface area contributed by atoms with Gasteiger partial charge in [0.25, 0.3) is 0 Å². The predicted octanol–water partition coefficient (Wildman–Crippen LogP) is 2.81. The third kappa shape index (κ3) is 4.60. The van der Waals surface area contributed by atoms with Gasteiger partial charge in [0.1, 0.15) is 11.7 Å². The third-order valence-corrected chi connectivity index (χ3v) is 3.55. The van der Waals surface area contributed by atoms with E-state index in [1.807, 2.05) is 6.92 Å². The second-order valence-electron chi connectivity index (χ2n) is 6.70. The molecule has 0 aromatic rings. The van der Waals surface area contributed by atoms with Gasteiger partial charge in [-0.3, -0.25) is 4.90 Å². The van der Waals surface area contributed by atoms with Crippen molar-refractivity contribution in [2.24, 2.45) is 0 Å². The van der Waals surface area contributed by atoms with Gasteiger partial charge in [-0.25, -0.2) is 9.59 Å². The number of nitrogens with zero attached hydrogens (tertiary/aromatic N) is 1. The summed E-state index contributed by atoms with van der Waals surface area (Å²) >= 11 is 0. The van der Waals surface area contributed by atoms with Crippen molar-refractivity contribution in [3.63, 3.8) is 0 Å². The topological polar surface area (TPSA) is 76.1 Å². The molecule has 24 heavy (non-hydrogen) atoms. The van der Waals surface area contributed by atoms with Crippen LogP contribution in [0.2, 0.25) is 0 Å². The Morgan fingerprint density at radius 2 is 2.04 bits per heavy atom. The van der Waals surface area contributed by atoms with E-state index in [0.717, 1.165) is 12.8 Å². The number of amides is 1. The van der Waals surface area contributed by atoms with Crippen LogP contribution in [0, 0.1) is 0 Å². The van der Waals surface area contributed by atoms with Gasteiger partial charge in [-0.2, -0.15) is 0 Å². The summed E-state index contributed by atoms with van der Waals surface area (Å²) in [5.74, 6) is -0.668. The number of carbonyl (C=O) groups excluding carboxylic acids is 2. The monoisotopic (exact) mass is 339 g/mol. The van der Waals surface area contributed by atoms with Crippen molar-refractivity contribution in [3.8, 4) is 0 Å². The Balaban J connectivity index is 3.17. The van der Waals surface area contributed by atoms with Crippen LogP contribution in [0.3, 0.4) is 0 Å². The highest BCUT2D eigenvalue weighted by Crippen LogP contribution is 2.31. The molecule has 0 unspecified atom stereocenters. The fraction of sp³-hybridized carbons (Fsp3) is 0.667. The third-order valence-electron chi connectivity index (χ3n) is 3.55. The lowest BCUT2D eigenvalue weighted by molar-refractivity contribution is -0.158. The van der Waals surface area contributed by atoms with Crippen LogP contribution in [0.5, 0.6) is 0 Å². The summed E-state index contributed by atoms with van der Waals surface area (Å²) in [6, 6.07) is 0. The van der Waals surface area contributed by atoms with Crippen molar-refractivity contribution >= 4 is 12.1 Å². The Morgan fingerprint density at radius 3 is 2.58 bits per heavy atom. The van der Waals surface area contributed by atoms with Crippen molar-refractivity contribution in [2.75, 3.05) is 13.2 Å². The molecule has 1 rings (SSSR count). The molecule has 0 aliphatic carbocycles. The average molecular weight is 339 g/mol. The molecule has 1 N–H and O–H groups in total. The summed E-state index contributed by atoms with van der Waals surface area (Å²) in [6.45, 7) is 9.27. The van der Waals surface area contributed by atoms with Crippen LogP contribution in [0.25, 0.3) is 0 Å². The Labute approximate surface area is 144 Å². The smallest absolute Gasteiger partial charge is 0.411 e. The minimum absolute atomic E-state index is 0.155. The number of allylic oxidation sites excluding steroid dienone is 1. The highest BCUT2D eigenvalue weighted by molar-refractivity contribution is 5.90. The van der Waals surface area contributed by atoms with Crippen LogP contribution in [0.1, 0.15) is 47.5 Å². The number of hydrogen-bond donors (Lipinski definition) is 1. The summed E-state index contributed by atoms with van der Waals surface area (Å²) in [5.41, 5.74) is -2.30. The van der Waals surface area contributed by atoms with Gasteiger partial charge < -0.3 is 14.6 Å². The first-order chi connectivity index (χ1) is 11.2. The number of esters is 1. The van der Waals surface area contributed by atoms with Crippen LogP contribution in [-0.4, -0.2) is 52.5 Å². The molecule has 136 valence electrons. The maximum Gasteiger partial charge on any atom is 0.411 e. The van der Waals surface area contributed by atoms with Crippen LogP contribution >= 0.6 is 0 Å². The second-order valence-corrected chi connectivity index (χ2v) is 6.70. The maximum atomic E-state index is 12.6. The summed E-state index contributed by atoms with van der Waals surface area (Å²) in [5, 5.41) is 10.7. The molecule has 0 aromatic carbocycles. The molecule has 0 spiro atoms. The van der Waals surface area contributed by atoms with Crippen molar-refractivity contribution < 1.29 is 24.2 Å². The first kappa shape index (κ1) is 20.2. The molecule has 0 aromatic heterocycles. The van der Waals surface area contributed by atoms with Gasteiger partial charge in [0.2, 0.25) is 0 Å². The molecular weight excluding hydrogens is 310 g/mol. The van der Waals surface area contributed by atoms with Gasteiger partial charge in [-0.1, -0.05) is 31.6 Å². The lowest BCUT2D eigenvalue weighted by atomic mass is 9.91. The Bertz CT molecular complexity index is 506. The molecule has 1 heterocycles. The highest BCUT2D eigenvalue weighted by Gasteiger charge is 2.54. The number of aliphatic hydroxyl groups is 1. The molecule has 0 saturated carbocycles. The van der Waals surface area contributed by atoms with Gasteiger partial charge >= 0.3 is 12.1 Å². The molecular formula is C18H29NO5. The summed E-state index contributed by atoms with van der Waals surface area (Å²) in [4.78, 5) is 26.4. The van der Waals surface area contributed by atoms with Crippen LogP contribution in [0.4, 0.5) is 4.79 Å². The van der Waals surface area contributed by atoms with E-state index in [0.29, 0.717) is 0 Å². The van der Waals surface area contributed by atoms with E-state index in [1.165, 1.54) is 17.1 Å². The predicted molar refractivity (Wildman–Crippen MR) is 91.5 cm³/mol. The quantitative estimate of drug-likeness (QED) is 0.595. The van der Waals surface area contributed by atoms with E-state index in [4.69, 9.17) is 9.47 Å². The molecule has 0 fully saturated rings. The standard InChI is InChI=1S/C18H29NO5/c1-6-8-9-11-14(20)18(15(21)23-7-2)12-10-13-19(18)16(22)24-17(3,4)5/h9-12,14,20H,6-8,13H2,1-5H3/b11-9+/t14-,18+/m0/s1. The summed E-state index contributed by atoms with van der Waals surface area (Å²) in [7, 11) is 0. The van der Waals surface area contributed by atoms with Crippen molar-refractivity contribution in [2.45, 2.75) is 64.7 Å². The van der Waals surface area contributed by atoms with E-state index in [2.05, 4.69) is 0 Å². The molecule has 1 aliphatic heterocycles. The molecule has 0 radical (unpaired) electrons. The Kier molecular flexibility index (Phi) is 7.02. The van der Waals surface area contributed by atoms with Gasteiger partial charge in [0.15, 0.2) is 5.54 Å². The van der Waals surface area contributed by atoms with Gasteiger partial charge in [0.05, 0.1) is 6.61 Å². The van der Waals surface area contributed by atoms with Gasteiger partial charge in [0, 0.05) is 6.54 Å². The first-order valence-electron chi connectivity index (χ1n) is 8.39. The zero-order valence-corrected chi connectivity index (χ0v) is 15.2. The highest BCUT2D eigenvalue weighted by atomic mass is 16.6. The fourth-order valence-electron chi connectivity index (χ4n) is 2.46. The van der Waals surface area contributed by atoms with Crippen molar-refractivity contribution in [3.05, 3.63) is 24.3 Å². The van der Waals surface area contributed by atoms with Crippen LogP contribution in [0.15, 0.2) is 24.3 Å². The number of aliphatic hydroxyl groups excluding tert-OH is 1. The first-order valence-corrected chi connectivity index (χ1v) is 8.39. The summed E-state index contributed by atoms with van der Waals surface area (Å²) in [6.07, 6.45) is 6.33. The zero-order valence-electron chi connectivity index (χ0n) is 15.2. The number of unbranched alkanes of at least 4 members (excludes halogenated alkanes) is 1. The number of ether oxygens (including phenoxy) is 2. The molecule has 0 saturated heterocycles. The minimum atomic E-state index is -1.59. The largest absolute Gasteiger partial charge is 0.464 e. The molecule has 0 bridgehead atoms. The number of carbonyl (C=O) groups is 2. The van der Waals surface area contributed by atoms with Crippen LogP contribution < -0.4 is 0 Å². The van der Waals surface area contributed by atoms with E-state index in [-0.39, 0.29) is 13.2 Å². The molecule has 1 aliphatic rings. The summed E-state index contributed by atoms with van der Waals surface area (Å²) < 4.78 is 10.5. The van der Waals surface area contributed by atoms with Crippen LogP contribution in [-0.2, 0) is 14.3 Å². The zero-order chi connectivity index (χ0) is 18.4. The number of rotatable bonds is 6. The molecule has 1 amide bonds.